The fraction of sp³-hybridized carbons (Fsp3) is 0.625. The molecule has 1 fully saturated rings. The van der Waals surface area contributed by atoms with Gasteiger partial charge in [-0.3, -0.25) is 0 Å². The van der Waals surface area contributed by atoms with Crippen molar-refractivity contribution >= 4 is 0 Å². The van der Waals surface area contributed by atoms with Gasteiger partial charge >= 0.3 is 0 Å². The SMILES string of the molecule is CC(CNCCc1ccccc1)CC1CCCN1. The number of hydrogen-bond donors (Lipinski definition) is 2. The molecule has 1 aromatic rings. The molecular formula is C16H26N2. The average Bonchev–Trinajstić information content (AvgIpc) is 2.89. The van der Waals surface area contributed by atoms with Gasteiger partial charge in [0.1, 0.15) is 0 Å². The first kappa shape index (κ1) is 13.6. The molecule has 0 aliphatic carbocycles. The van der Waals surface area contributed by atoms with E-state index in [1.807, 2.05) is 0 Å². The maximum atomic E-state index is 3.58. The van der Waals surface area contributed by atoms with E-state index in [1.165, 1.54) is 31.4 Å². The molecule has 1 heterocycles. The minimum absolute atomic E-state index is 0.774. The summed E-state index contributed by atoms with van der Waals surface area (Å²) < 4.78 is 0. The molecule has 0 amide bonds. The van der Waals surface area contributed by atoms with Gasteiger partial charge in [0.25, 0.3) is 0 Å². The van der Waals surface area contributed by atoms with Gasteiger partial charge < -0.3 is 10.6 Å². The standard InChI is InChI=1S/C16H26N2/c1-14(12-16-8-5-10-18-16)13-17-11-9-15-6-3-2-4-7-15/h2-4,6-7,14,16-18H,5,8-13H2,1H3. The van der Waals surface area contributed by atoms with Crippen LogP contribution in [0.1, 0.15) is 31.7 Å². The number of rotatable bonds is 7. The van der Waals surface area contributed by atoms with Crippen molar-refractivity contribution in [3.05, 3.63) is 35.9 Å². The highest BCUT2D eigenvalue weighted by Gasteiger charge is 2.16. The zero-order valence-corrected chi connectivity index (χ0v) is 11.5. The normalized spacial score (nSPS) is 21.1. The second-order valence-electron chi connectivity index (χ2n) is 5.57. The minimum Gasteiger partial charge on any atom is -0.316 e. The van der Waals surface area contributed by atoms with Crippen LogP contribution in [0.15, 0.2) is 30.3 Å². The molecule has 2 N–H and O–H groups in total. The molecule has 2 atom stereocenters. The Morgan fingerprint density at radius 1 is 1.33 bits per heavy atom. The van der Waals surface area contributed by atoms with Crippen LogP contribution in [0.25, 0.3) is 0 Å². The van der Waals surface area contributed by atoms with Crippen molar-refractivity contribution in [1.29, 1.82) is 0 Å². The van der Waals surface area contributed by atoms with Crippen LogP contribution in [-0.2, 0) is 6.42 Å². The van der Waals surface area contributed by atoms with E-state index in [4.69, 9.17) is 0 Å². The van der Waals surface area contributed by atoms with Crippen LogP contribution >= 0.6 is 0 Å². The van der Waals surface area contributed by atoms with Gasteiger partial charge in [0.05, 0.1) is 0 Å². The van der Waals surface area contributed by atoms with Crippen LogP contribution in [0.4, 0.5) is 0 Å². The molecule has 2 unspecified atom stereocenters. The Labute approximate surface area is 111 Å². The van der Waals surface area contributed by atoms with Crippen molar-refractivity contribution in [3.8, 4) is 0 Å². The van der Waals surface area contributed by atoms with Crippen molar-refractivity contribution in [3.63, 3.8) is 0 Å². The topological polar surface area (TPSA) is 24.1 Å². The van der Waals surface area contributed by atoms with E-state index in [9.17, 15) is 0 Å². The molecule has 0 spiro atoms. The van der Waals surface area contributed by atoms with E-state index in [2.05, 4.69) is 47.9 Å². The fourth-order valence-corrected chi connectivity index (χ4v) is 2.75. The zero-order chi connectivity index (χ0) is 12.6. The summed E-state index contributed by atoms with van der Waals surface area (Å²) in [5, 5.41) is 7.16. The predicted molar refractivity (Wildman–Crippen MR) is 77.8 cm³/mol. The second-order valence-corrected chi connectivity index (χ2v) is 5.57. The average molecular weight is 246 g/mol. The fourth-order valence-electron chi connectivity index (χ4n) is 2.75. The Kier molecular flexibility index (Phi) is 5.69. The van der Waals surface area contributed by atoms with Crippen LogP contribution in [0, 0.1) is 5.92 Å². The van der Waals surface area contributed by atoms with Gasteiger partial charge in [-0.2, -0.15) is 0 Å². The highest BCUT2D eigenvalue weighted by atomic mass is 14.9. The third-order valence-electron chi connectivity index (χ3n) is 3.78. The Morgan fingerprint density at radius 2 is 2.17 bits per heavy atom. The Hall–Kier alpha value is -0.860. The summed E-state index contributed by atoms with van der Waals surface area (Å²) in [6, 6.07) is 11.5. The van der Waals surface area contributed by atoms with E-state index in [0.29, 0.717) is 0 Å². The highest BCUT2D eigenvalue weighted by molar-refractivity contribution is 5.14. The summed E-state index contributed by atoms with van der Waals surface area (Å²) >= 11 is 0. The highest BCUT2D eigenvalue weighted by Crippen LogP contribution is 2.14. The maximum absolute atomic E-state index is 3.58. The van der Waals surface area contributed by atoms with Gasteiger partial charge in [-0.15, -0.1) is 0 Å². The lowest BCUT2D eigenvalue weighted by Crippen LogP contribution is -2.29. The van der Waals surface area contributed by atoms with E-state index in [-0.39, 0.29) is 0 Å². The maximum Gasteiger partial charge on any atom is 0.00705 e. The van der Waals surface area contributed by atoms with E-state index in [0.717, 1.165) is 31.5 Å². The summed E-state index contributed by atoms with van der Waals surface area (Å²) in [7, 11) is 0. The second kappa shape index (κ2) is 7.55. The molecule has 2 nitrogen and oxygen atoms in total. The van der Waals surface area contributed by atoms with Crippen LogP contribution < -0.4 is 10.6 Å². The van der Waals surface area contributed by atoms with E-state index < -0.39 is 0 Å². The smallest absolute Gasteiger partial charge is 0.00705 e. The van der Waals surface area contributed by atoms with Gasteiger partial charge in [-0.25, -0.2) is 0 Å². The molecule has 1 saturated heterocycles. The van der Waals surface area contributed by atoms with Crippen molar-refractivity contribution in [2.75, 3.05) is 19.6 Å². The first-order valence-corrected chi connectivity index (χ1v) is 7.32. The van der Waals surface area contributed by atoms with Gasteiger partial charge in [0, 0.05) is 6.04 Å². The van der Waals surface area contributed by atoms with Crippen LogP contribution in [0.2, 0.25) is 0 Å². The lowest BCUT2D eigenvalue weighted by molar-refractivity contribution is 0.415. The first-order chi connectivity index (χ1) is 8.84. The largest absolute Gasteiger partial charge is 0.316 e. The minimum atomic E-state index is 0.774. The molecule has 2 heteroatoms. The summed E-state index contributed by atoms with van der Waals surface area (Å²) in [5.74, 6) is 0.774. The van der Waals surface area contributed by atoms with Gasteiger partial charge in [0.15, 0.2) is 0 Å². The van der Waals surface area contributed by atoms with Gasteiger partial charge in [-0.1, -0.05) is 37.3 Å². The zero-order valence-electron chi connectivity index (χ0n) is 11.5. The molecule has 0 radical (unpaired) electrons. The molecule has 0 saturated carbocycles. The number of nitrogens with one attached hydrogen (secondary N) is 2. The monoisotopic (exact) mass is 246 g/mol. The summed E-state index contributed by atoms with van der Waals surface area (Å²) in [5.41, 5.74) is 1.43. The molecule has 18 heavy (non-hydrogen) atoms. The lowest BCUT2D eigenvalue weighted by atomic mass is 10.0. The first-order valence-electron chi connectivity index (χ1n) is 7.32. The number of benzene rings is 1. The summed E-state index contributed by atoms with van der Waals surface area (Å²) in [6.45, 7) is 5.81. The Balaban J connectivity index is 1.54. The molecular weight excluding hydrogens is 220 g/mol. The molecule has 2 rings (SSSR count). The van der Waals surface area contributed by atoms with Crippen molar-refractivity contribution in [2.45, 2.75) is 38.6 Å². The molecule has 0 aromatic heterocycles. The van der Waals surface area contributed by atoms with Crippen molar-refractivity contribution < 1.29 is 0 Å². The molecule has 1 aromatic carbocycles. The quantitative estimate of drug-likeness (QED) is 0.723. The Bertz CT molecular complexity index is 317. The van der Waals surface area contributed by atoms with Crippen molar-refractivity contribution in [2.24, 2.45) is 5.92 Å². The molecule has 100 valence electrons. The predicted octanol–water partition coefficient (Wildman–Crippen LogP) is 2.60. The van der Waals surface area contributed by atoms with Crippen LogP contribution in [-0.4, -0.2) is 25.7 Å². The van der Waals surface area contributed by atoms with Gasteiger partial charge in [0.2, 0.25) is 0 Å². The molecule has 1 aliphatic rings. The summed E-state index contributed by atoms with van der Waals surface area (Å²) in [4.78, 5) is 0. The summed E-state index contributed by atoms with van der Waals surface area (Å²) in [6.07, 6.45) is 5.18. The van der Waals surface area contributed by atoms with E-state index >= 15 is 0 Å². The molecule has 1 aliphatic heterocycles. The lowest BCUT2D eigenvalue weighted by Gasteiger charge is -2.17. The van der Waals surface area contributed by atoms with E-state index in [1.54, 1.807) is 0 Å². The Morgan fingerprint density at radius 3 is 2.89 bits per heavy atom. The third-order valence-corrected chi connectivity index (χ3v) is 3.78. The van der Waals surface area contributed by atoms with Crippen LogP contribution in [0.3, 0.4) is 0 Å². The van der Waals surface area contributed by atoms with Gasteiger partial charge in [-0.05, 0) is 56.8 Å². The van der Waals surface area contributed by atoms with Crippen LogP contribution in [0.5, 0.6) is 0 Å². The van der Waals surface area contributed by atoms with Crippen molar-refractivity contribution in [1.82, 2.24) is 10.6 Å². The number of hydrogen-bond acceptors (Lipinski definition) is 2. The third kappa shape index (κ3) is 4.79. The molecule has 0 bridgehead atoms.